The first-order valence-electron chi connectivity index (χ1n) is 14.8. The number of esters is 1. The van der Waals surface area contributed by atoms with E-state index in [1.54, 1.807) is 56.3 Å². The maximum absolute atomic E-state index is 14.3. The number of carbonyl (C=O) groups is 1. The fourth-order valence-corrected chi connectivity index (χ4v) is 6.68. The third-order valence-corrected chi connectivity index (χ3v) is 8.68. The Kier molecular flexibility index (Phi) is 10.5. The molecule has 9 nitrogen and oxygen atoms in total. The molecule has 0 saturated carbocycles. The van der Waals surface area contributed by atoms with Crippen molar-refractivity contribution in [2.24, 2.45) is 4.99 Å². The average molecular weight is 726 g/mol. The van der Waals surface area contributed by atoms with Gasteiger partial charge < -0.3 is 23.7 Å². The van der Waals surface area contributed by atoms with Gasteiger partial charge in [0.05, 0.1) is 48.8 Å². The van der Waals surface area contributed by atoms with Crippen LogP contribution in [0.1, 0.15) is 50.4 Å². The van der Waals surface area contributed by atoms with Crippen LogP contribution in [0, 0.1) is 5.82 Å². The summed E-state index contributed by atoms with van der Waals surface area (Å²) in [6.45, 7) is 7.57. The summed E-state index contributed by atoms with van der Waals surface area (Å²) in [6.07, 6.45) is 1.61. The van der Waals surface area contributed by atoms with Crippen LogP contribution in [0.15, 0.2) is 80.1 Å². The van der Waals surface area contributed by atoms with Crippen molar-refractivity contribution in [3.8, 4) is 23.0 Å². The zero-order valence-electron chi connectivity index (χ0n) is 26.8. The van der Waals surface area contributed by atoms with Crippen molar-refractivity contribution in [2.75, 3.05) is 20.8 Å². The van der Waals surface area contributed by atoms with E-state index in [0.717, 1.165) is 5.56 Å². The highest BCUT2D eigenvalue weighted by atomic mass is 79.9. The van der Waals surface area contributed by atoms with Gasteiger partial charge in [0, 0.05) is 10.0 Å². The Morgan fingerprint density at radius 1 is 1.06 bits per heavy atom. The van der Waals surface area contributed by atoms with Gasteiger partial charge in [0.1, 0.15) is 12.4 Å². The van der Waals surface area contributed by atoms with E-state index < -0.39 is 12.0 Å². The van der Waals surface area contributed by atoms with Gasteiger partial charge in [-0.25, -0.2) is 14.2 Å². The van der Waals surface area contributed by atoms with E-state index >= 15 is 0 Å². The van der Waals surface area contributed by atoms with Crippen LogP contribution in [-0.4, -0.2) is 37.5 Å². The van der Waals surface area contributed by atoms with E-state index in [1.807, 2.05) is 19.9 Å². The number of nitrogens with zero attached hydrogens (tertiary/aromatic N) is 2. The molecule has 1 aliphatic heterocycles. The van der Waals surface area contributed by atoms with Crippen LogP contribution < -0.4 is 33.8 Å². The van der Waals surface area contributed by atoms with Crippen LogP contribution in [0.25, 0.3) is 6.08 Å². The summed E-state index contributed by atoms with van der Waals surface area (Å²) in [5, 5.41) is 0. The molecule has 0 fully saturated rings. The molecular weight excluding hydrogens is 691 g/mol. The van der Waals surface area contributed by atoms with Gasteiger partial charge >= 0.3 is 5.97 Å². The first kappa shape index (κ1) is 33.9. The van der Waals surface area contributed by atoms with Crippen LogP contribution in [0.4, 0.5) is 4.39 Å². The molecule has 4 aromatic rings. The fraction of sp³-hybridized carbons (Fsp3) is 0.286. The van der Waals surface area contributed by atoms with Crippen LogP contribution in [0.3, 0.4) is 0 Å². The summed E-state index contributed by atoms with van der Waals surface area (Å²) in [4.78, 5) is 32.7. The topological polar surface area (TPSA) is 97.6 Å². The van der Waals surface area contributed by atoms with Crippen LogP contribution in [0.2, 0.25) is 0 Å². The molecular formula is C35H34BrFN2O7S. The molecule has 0 radical (unpaired) electrons. The molecule has 5 rings (SSSR count). The second-order valence-corrected chi connectivity index (χ2v) is 12.7. The van der Waals surface area contributed by atoms with Crippen molar-refractivity contribution in [1.82, 2.24) is 4.57 Å². The van der Waals surface area contributed by atoms with Crippen molar-refractivity contribution in [1.29, 1.82) is 0 Å². The molecule has 0 bridgehead atoms. The predicted molar refractivity (Wildman–Crippen MR) is 181 cm³/mol. The van der Waals surface area contributed by atoms with Crippen molar-refractivity contribution in [3.05, 3.63) is 113 Å². The van der Waals surface area contributed by atoms with Gasteiger partial charge in [-0.2, -0.15) is 0 Å². The standard InChI is InChI=1S/C35H34BrFN2O7S/c1-7-44-34(41)30-20(4)38-35-39(31(30)22-10-13-26(46-19(2)3)27(15-22)42-5)33(40)29(47-35)16-23-14-24(36)17-28(43-6)32(23)45-18-21-8-11-25(37)12-9-21/h8-17,19,31H,7,18H2,1-6H3/b29-16+/t31-/m1/s1. The zero-order chi connectivity index (χ0) is 33.8. The number of benzene rings is 3. The van der Waals surface area contributed by atoms with Crippen molar-refractivity contribution in [3.63, 3.8) is 0 Å². The lowest BCUT2D eigenvalue weighted by Gasteiger charge is -2.25. The molecule has 1 atom stereocenters. The molecule has 0 unspecified atom stereocenters. The second kappa shape index (κ2) is 14.6. The molecule has 246 valence electrons. The maximum atomic E-state index is 14.3. The monoisotopic (exact) mass is 724 g/mol. The number of hydrogen-bond acceptors (Lipinski definition) is 9. The minimum absolute atomic E-state index is 0.0918. The van der Waals surface area contributed by atoms with Crippen LogP contribution >= 0.6 is 27.3 Å². The average Bonchev–Trinajstić information content (AvgIpc) is 3.34. The van der Waals surface area contributed by atoms with E-state index in [0.29, 0.717) is 53.6 Å². The van der Waals surface area contributed by atoms with Crippen LogP contribution in [0.5, 0.6) is 23.0 Å². The first-order valence-corrected chi connectivity index (χ1v) is 16.4. The minimum atomic E-state index is -0.847. The third kappa shape index (κ3) is 7.28. The minimum Gasteiger partial charge on any atom is -0.493 e. The number of rotatable bonds is 11. The molecule has 0 spiro atoms. The summed E-state index contributed by atoms with van der Waals surface area (Å²) in [5.41, 5.74) is 2.27. The van der Waals surface area contributed by atoms with E-state index in [2.05, 4.69) is 20.9 Å². The van der Waals surface area contributed by atoms with E-state index in [9.17, 15) is 14.0 Å². The number of hydrogen-bond donors (Lipinski definition) is 0. The number of fused-ring (bicyclic) bond motifs is 1. The Morgan fingerprint density at radius 2 is 1.79 bits per heavy atom. The largest absolute Gasteiger partial charge is 0.493 e. The van der Waals surface area contributed by atoms with E-state index in [-0.39, 0.29) is 36.3 Å². The van der Waals surface area contributed by atoms with Gasteiger partial charge in [-0.1, -0.05) is 45.5 Å². The lowest BCUT2D eigenvalue weighted by atomic mass is 9.95. The Hall–Kier alpha value is -4.42. The fourth-order valence-electron chi connectivity index (χ4n) is 5.19. The van der Waals surface area contributed by atoms with E-state index in [1.165, 1.54) is 42.3 Å². The highest BCUT2D eigenvalue weighted by molar-refractivity contribution is 9.10. The number of allylic oxidation sites excluding steroid dienone is 1. The van der Waals surface area contributed by atoms with Crippen LogP contribution in [-0.2, 0) is 16.1 Å². The van der Waals surface area contributed by atoms with Gasteiger partial charge in [0.15, 0.2) is 27.8 Å². The van der Waals surface area contributed by atoms with Gasteiger partial charge in [0.25, 0.3) is 5.56 Å². The molecule has 47 heavy (non-hydrogen) atoms. The Morgan fingerprint density at radius 3 is 2.45 bits per heavy atom. The number of halogens is 2. The second-order valence-electron chi connectivity index (χ2n) is 10.8. The van der Waals surface area contributed by atoms with Crippen molar-refractivity contribution < 1.29 is 32.9 Å². The Balaban J connectivity index is 1.67. The summed E-state index contributed by atoms with van der Waals surface area (Å²) >= 11 is 4.71. The maximum Gasteiger partial charge on any atom is 0.338 e. The predicted octanol–water partition coefficient (Wildman–Crippen LogP) is 6.08. The van der Waals surface area contributed by atoms with Gasteiger partial charge in [0.2, 0.25) is 0 Å². The molecule has 1 aromatic heterocycles. The molecule has 1 aliphatic rings. The number of aromatic nitrogens is 1. The molecule has 3 aromatic carbocycles. The summed E-state index contributed by atoms with van der Waals surface area (Å²) < 4.78 is 44.8. The Labute approximate surface area is 283 Å². The number of thiazole rings is 1. The molecule has 12 heteroatoms. The molecule has 0 saturated heterocycles. The highest BCUT2D eigenvalue weighted by Gasteiger charge is 2.34. The lowest BCUT2D eigenvalue weighted by molar-refractivity contribution is -0.139. The summed E-state index contributed by atoms with van der Waals surface area (Å²) in [7, 11) is 3.06. The summed E-state index contributed by atoms with van der Waals surface area (Å²) in [5.74, 6) is 0.923. The third-order valence-electron chi connectivity index (χ3n) is 7.23. The molecule has 2 heterocycles. The normalized spacial score (nSPS) is 14.5. The summed E-state index contributed by atoms with van der Waals surface area (Å²) in [6, 6.07) is 14.1. The van der Waals surface area contributed by atoms with Gasteiger partial charge in [-0.3, -0.25) is 9.36 Å². The smallest absolute Gasteiger partial charge is 0.338 e. The number of ether oxygens (including phenoxy) is 5. The SMILES string of the molecule is CCOC(=O)C1=C(C)N=c2s/c(=C/c3cc(Br)cc(OC)c3OCc3ccc(F)cc3)c(=O)n2[C@@H]1c1ccc(OC(C)C)c(OC)c1. The molecule has 0 aliphatic carbocycles. The van der Waals surface area contributed by atoms with E-state index in [4.69, 9.17) is 23.7 Å². The molecule has 0 amide bonds. The number of methoxy groups -OCH3 is 2. The zero-order valence-corrected chi connectivity index (χ0v) is 29.2. The van der Waals surface area contributed by atoms with Crippen molar-refractivity contribution in [2.45, 2.75) is 46.4 Å². The van der Waals surface area contributed by atoms with Gasteiger partial charge in [-0.05, 0) is 81.3 Å². The quantitative estimate of drug-likeness (QED) is 0.173. The number of carbonyl (C=O) groups excluding carboxylic acids is 1. The Bertz CT molecular complexity index is 2020. The first-order chi connectivity index (χ1) is 22.5. The lowest BCUT2D eigenvalue weighted by Crippen LogP contribution is -2.40. The van der Waals surface area contributed by atoms with Gasteiger partial charge in [-0.15, -0.1) is 0 Å². The van der Waals surface area contributed by atoms with Crippen molar-refractivity contribution >= 4 is 39.3 Å². The molecule has 0 N–H and O–H groups in total. The highest BCUT2D eigenvalue weighted by Crippen LogP contribution is 2.38.